The fourth-order valence-electron chi connectivity index (χ4n) is 1.84. The summed E-state index contributed by atoms with van der Waals surface area (Å²) in [5.41, 5.74) is 0. The van der Waals surface area contributed by atoms with Crippen molar-refractivity contribution in [2.24, 2.45) is 0 Å². The lowest BCUT2D eigenvalue weighted by Crippen LogP contribution is -2.39. The van der Waals surface area contributed by atoms with E-state index in [-0.39, 0.29) is 6.04 Å². The van der Waals surface area contributed by atoms with Gasteiger partial charge in [-0.1, -0.05) is 0 Å². The third kappa shape index (κ3) is 2.64. The van der Waals surface area contributed by atoms with Gasteiger partial charge in [-0.2, -0.15) is 0 Å². The summed E-state index contributed by atoms with van der Waals surface area (Å²) in [6.45, 7) is 0. The third-order valence-corrected chi connectivity index (χ3v) is 2.70. The Morgan fingerprint density at radius 3 is 2.73 bits per heavy atom. The van der Waals surface area contributed by atoms with Gasteiger partial charge in [0, 0.05) is 18.4 Å². The largest absolute Gasteiger partial charge is 0.390 e. The molecule has 1 unspecified atom stereocenters. The predicted molar refractivity (Wildman–Crippen MR) is 55.3 cm³/mol. The lowest BCUT2D eigenvalue weighted by molar-refractivity contribution is -0.0120. The summed E-state index contributed by atoms with van der Waals surface area (Å²) >= 11 is 0. The second kappa shape index (κ2) is 4.55. The molecule has 5 nitrogen and oxygen atoms in total. The molecule has 1 fully saturated rings. The van der Waals surface area contributed by atoms with Crippen molar-refractivity contribution < 1.29 is 10.2 Å². The van der Waals surface area contributed by atoms with E-state index >= 15 is 0 Å². The number of hydrogen-bond acceptors (Lipinski definition) is 5. The SMILES string of the molecule is O[C@@H]1CCC(Nc2cnccn2)C[C@@H]1O. The zero-order chi connectivity index (χ0) is 10.7. The van der Waals surface area contributed by atoms with E-state index in [0.29, 0.717) is 18.7 Å². The van der Waals surface area contributed by atoms with Crippen LogP contribution >= 0.6 is 0 Å². The maximum atomic E-state index is 9.50. The van der Waals surface area contributed by atoms with Crippen molar-refractivity contribution in [2.75, 3.05) is 5.32 Å². The highest BCUT2D eigenvalue weighted by atomic mass is 16.3. The molecule has 0 bridgehead atoms. The van der Waals surface area contributed by atoms with Crippen LogP contribution in [0, 0.1) is 0 Å². The number of hydrogen-bond donors (Lipinski definition) is 3. The van der Waals surface area contributed by atoms with E-state index in [2.05, 4.69) is 15.3 Å². The van der Waals surface area contributed by atoms with E-state index in [1.807, 2.05) is 0 Å². The maximum Gasteiger partial charge on any atom is 0.144 e. The van der Waals surface area contributed by atoms with Gasteiger partial charge < -0.3 is 15.5 Å². The molecule has 1 saturated carbocycles. The van der Waals surface area contributed by atoms with Crippen molar-refractivity contribution in [3.8, 4) is 0 Å². The standard InChI is InChI=1S/C10H15N3O2/c14-8-2-1-7(5-9(8)15)13-10-6-11-3-4-12-10/h3-4,6-9,14-15H,1-2,5H2,(H,12,13)/t7?,8-,9+/m1/s1. The van der Waals surface area contributed by atoms with E-state index in [1.165, 1.54) is 0 Å². The summed E-state index contributed by atoms with van der Waals surface area (Å²) in [7, 11) is 0. The number of nitrogens with one attached hydrogen (secondary N) is 1. The molecule has 15 heavy (non-hydrogen) atoms. The summed E-state index contributed by atoms with van der Waals surface area (Å²) in [5.74, 6) is 0.714. The molecule has 3 atom stereocenters. The first-order chi connectivity index (χ1) is 7.25. The van der Waals surface area contributed by atoms with Crippen molar-refractivity contribution >= 4 is 5.82 Å². The molecule has 0 saturated heterocycles. The number of aliphatic hydroxyl groups excluding tert-OH is 2. The molecular formula is C10H15N3O2. The van der Waals surface area contributed by atoms with E-state index in [9.17, 15) is 10.2 Å². The first-order valence-electron chi connectivity index (χ1n) is 5.14. The van der Waals surface area contributed by atoms with E-state index < -0.39 is 12.2 Å². The zero-order valence-corrected chi connectivity index (χ0v) is 8.37. The normalized spacial score (nSPS) is 31.2. The average molecular weight is 209 g/mol. The Morgan fingerprint density at radius 1 is 1.20 bits per heavy atom. The molecular weight excluding hydrogens is 194 g/mol. The molecule has 0 aromatic carbocycles. The van der Waals surface area contributed by atoms with Crippen LogP contribution in [0.25, 0.3) is 0 Å². The van der Waals surface area contributed by atoms with Gasteiger partial charge in [-0.25, -0.2) is 4.98 Å². The molecule has 5 heteroatoms. The van der Waals surface area contributed by atoms with Crippen molar-refractivity contribution in [3.63, 3.8) is 0 Å². The molecule has 1 aliphatic carbocycles. The van der Waals surface area contributed by atoms with Crippen LogP contribution in [0.5, 0.6) is 0 Å². The molecule has 1 heterocycles. The van der Waals surface area contributed by atoms with Crippen LogP contribution < -0.4 is 5.32 Å². The second-order valence-corrected chi connectivity index (χ2v) is 3.88. The molecule has 1 aromatic rings. The number of nitrogens with zero attached hydrogens (tertiary/aromatic N) is 2. The Balaban J connectivity index is 1.91. The Bertz CT molecular complexity index is 307. The first-order valence-corrected chi connectivity index (χ1v) is 5.14. The highest BCUT2D eigenvalue weighted by Crippen LogP contribution is 2.21. The van der Waals surface area contributed by atoms with Crippen LogP contribution in [0.1, 0.15) is 19.3 Å². The van der Waals surface area contributed by atoms with E-state index in [4.69, 9.17) is 0 Å². The van der Waals surface area contributed by atoms with Crippen molar-refractivity contribution in [2.45, 2.75) is 37.5 Å². The third-order valence-electron chi connectivity index (χ3n) is 2.70. The van der Waals surface area contributed by atoms with Crippen molar-refractivity contribution in [1.29, 1.82) is 0 Å². The Kier molecular flexibility index (Phi) is 3.13. The van der Waals surface area contributed by atoms with E-state index in [1.54, 1.807) is 18.6 Å². The molecule has 82 valence electrons. The van der Waals surface area contributed by atoms with Crippen molar-refractivity contribution in [3.05, 3.63) is 18.6 Å². The van der Waals surface area contributed by atoms with Gasteiger partial charge >= 0.3 is 0 Å². The summed E-state index contributed by atoms with van der Waals surface area (Å²) in [6, 6.07) is 0.167. The number of anilines is 1. The van der Waals surface area contributed by atoms with Gasteiger partial charge in [-0.05, 0) is 19.3 Å². The van der Waals surface area contributed by atoms with Crippen LogP contribution in [0.4, 0.5) is 5.82 Å². The first kappa shape index (κ1) is 10.3. The monoisotopic (exact) mass is 209 g/mol. The van der Waals surface area contributed by atoms with Gasteiger partial charge in [0.25, 0.3) is 0 Å². The lowest BCUT2D eigenvalue weighted by Gasteiger charge is -2.30. The molecule has 1 aliphatic rings. The fraction of sp³-hybridized carbons (Fsp3) is 0.600. The maximum absolute atomic E-state index is 9.50. The molecule has 0 amide bonds. The zero-order valence-electron chi connectivity index (χ0n) is 8.37. The van der Waals surface area contributed by atoms with Gasteiger partial charge in [0.2, 0.25) is 0 Å². The van der Waals surface area contributed by atoms with Crippen LogP contribution in [0.15, 0.2) is 18.6 Å². The predicted octanol–water partition coefficient (Wildman–Crippen LogP) is 0.163. The smallest absolute Gasteiger partial charge is 0.144 e. The van der Waals surface area contributed by atoms with Crippen LogP contribution in [0.3, 0.4) is 0 Å². The quantitative estimate of drug-likeness (QED) is 0.647. The topological polar surface area (TPSA) is 78.3 Å². The molecule has 2 rings (SSSR count). The Labute approximate surface area is 88.2 Å². The summed E-state index contributed by atoms with van der Waals surface area (Å²) < 4.78 is 0. The number of rotatable bonds is 2. The second-order valence-electron chi connectivity index (χ2n) is 3.88. The Morgan fingerprint density at radius 2 is 2.07 bits per heavy atom. The number of aromatic nitrogens is 2. The fourth-order valence-corrected chi connectivity index (χ4v) is 1.84. The minimum atomic E-state index is -0.632. The Hall–Kier alpha value is -1.20. The van der Waals surface area contributed by atoms with Crippen LogP contribution in [0.2, 0.25) is 0 Å². The molecule has 0 spiro atoms. The van der Waals surface area contributed by atoms with Gasteiger partial charge in [0.05, 0.1) is 18.4 Å². The summed E-state index contributed by atoms with van der Waals surface area (Å²) in [5, 5.41) is 22.0. The molecule has 0 aliphatic heterocycles. The minimum Gasteiger partial charge on any atom is -0.390 e. The lowest BCUT2D eigenvalue weighted by atomic mass is 9.90. The highest BCUT2D eigenvalue weighted by Gasteiger charge is 2.27. The van der Waals surface area contributed by atoms with Gasteiger partial charge in [-0.3, -0.25) is 4.98 Å². The van der Waals surface area contributed by atoms with Crippen molar-refractivity contribution in [1.82, 2.24) is 9.97 Å². The highest BCUT2D eigenvalue weighted by molar-refractivity contribution is 5.31. The van der Waals surface area contributed by atoms with Gasteiger partial charge in [0.1, 0.15) is 5.82 Å². The molecule has 0 radical (unpaired) electrons. The molecule has 3 N–H and O–H groups in total. The van der Waals surface area contributed by atoms with Gasteiger partial charge in [0.15, 0.2) is 0 Å². The van der Waals surface area contributed by atoms with Gasteiger partial charge in [-0.15, -0.1) is 0 Å². The summed E-state index contributed by atoms with van der Waals surface area (Å²) in [4.78, 5) is 8.05. The number of aliphatic hydroxyl groups is 2. The minimum absolute atomic E-state index is 0.167. The summed E-state index contributed by atoms with van der Waals surface area (Å²) in [6.07, 6.45) is 5.70. The van der Waals surface area contributed by atoms with Crippen LogP contribution in [-0.2, 0) is 0 Å². The van der Waals surface area contributed by atoms with Crippen LogP contribution in [-0.4, -0.2) is 38.4 Å². The molecule has 1 aromatic heterocycles. The average Bonchev–Trinajstić information content (AvgIpc) is 2.25. The van der Waals surface area contributed by atoms with E-state index in [0.717, 1.165) is 6.42 Å².